The number of carboxylic acids is 1. The summed E-state index contributed by atoms with van der Waals surface area (Å²) in [5.74, 6) is 4.87. The first kappa shape index (κ1) is 28.2. The van der Waals surface area contributed by atoms with Crippen molar-refractivity contribution in [1.29, 1.82) is 5.41 Å². The maximum absolute atomic E-state index is 12.7. The minimum atomic E-state index is -0.617. The second-order valence-electron chi connectivity index (χ2n) is 14.3. The van der Waals surface area contributed by atoms with Gasteiger partial charge >= 0.3 is 5.97 Å². The molecule has 0 radical (unpaired) electrons. The molecule has 0 aromatic rings. The lowest BCUT2D eigenvalue weighted by Crippen LogP contribution is -2.55. The third-order valence-electron chi connectivity index (χ3n) is 12.6. The summed E-state index contributed by atoms with van der Waals surface area (Å²) in [5, 5.41) is 32.3. The fourth-order valence-electron chi connectivity index (χ4n) is 9.99. The third-order valence-corrected chi connectivity index (χ3v) is 12.6. The summed E-state index contributed by atoms with van der Waals surface area (Å²) in [7, 11) is 0. The van der Waals surface area contributed by atoms with Crippen LogP contribution in [0.15, 0.2) is 5.16 Å². The molecule has 5 nitrogen and oxygen atoms in total. The molecule has 4 aliphatic rings. The zero-order chi connectivity index (χ0) is 27.2. The van der Waals surface area contributed by atoms with Gasteiger partial charge in [-0.15, -0.1) is 6.42 Å². The van der Waals surface area contributed by atoms with Crippen molar-refractivity contribution < 1.29 is 15.1 Å². The van der Waals surface area contributed by atoms with Gasteiger partial charge in [-0.2, -0.15) is 0 Å². The largest absolute Gasteiger partial charge is 0.481 e. The van der Waals surface area contributed by atoms with Gasteiger partial charge in [-0.25, -0.2) is 0 Å². The molecule has 37 heavy (non-hydrogen) atoms. The van der Waals surface area contributed by atoms with E-state index in [1.54, 1.807) is 6.21 Å². The van der Waals surface area contributed by atoms with Crippen LogP contribution in [0.4, 0.5) is 0 Å². The zero-order valence-electron chi connectivity index (χ0n) is 23.9. The van der Waals surface area contributed by atoms with Crippen LogP contribution in [-0.2, 0) is 4.79 Å². The van der Waals surface area contributed by atoms with E-state index < -0.39 is 16.8 Å². The van der Waals surface area contributed by atoms with E-state index in [1.807, 2.05) is 0 Å². The van der Waals surface area contributed by atoms with Crippen LogP contribution in [0, 0.1) is 74.9 Å². The van der Waals surface area contributed by atoms with Crippen molar-refractivity contribution in [2.45, 2.75) is 112 Å². The maximum atomic E-state index is 12.7. The molecule has 1 unspecified atom stereocenters. The monoisotopic (exact) mass is 510 g/mol. The van der Waals surface area contributed by atoms with Crippen molar-refractivity contribution in [2.24, 2.45) is 62.3 Å². The van der Waals surface area contributed by atoms with E-state index in [-0.39, 0.29) is 22.7 Å². The second kappa shape index (κ2) is 10.0. The molecule has 0 amide bonds. The van der Waals surface area contributed by atoms with Crippen LogP contribution in [0.25, 0.3) is 0 Å². The van der Waals surface area contributed by atoms with E-state index in [0.29, 0.717) is 23.7 Å². The highest BCUT2D eigenvalue weighted by Gasteiger charge is 2.61. The smallest absolute Gasteiger partial charge is 0.309 e. The van der Waals surface area contributed by atoms with Gasteiger partial charge in [-0.1, -0.05) is 45.2 Å². The van der Waals surface area contributed by atoms with Gasteiger partial charge in [0.25, 0.3) is 0 Å². The molecule has 0 saturated heterocycles. The van der Waals surface area contributed by atoms with Gasteiger partial charge in [0.1, 0.15) is 0 Å². The Morgan fingerprint density at radius 1 is 1.14 bits per heavy atom. The number of hydrogen-bond donors (Lipinski definition) is 3. The van der Waals surface area contributed by atoms with E-state index in [4.69, 9.17) is 11.8 Å². The van der Waals surface area contributed by atoms with Crippen molar-refractivity contribution in [3.05, 3.63) is 0 Å². The van der Waals surface area contributed by atoms with Crippen molar-refractivity contribution in [3.8, 4) is 12.3 Å². The number of oxime groups is 1. The van der Waals surface area contributed by atoms with Crippen molar-refractivity contribution >= 4 is 17.9 Å². The average molecular weight is 511 g/mol. The molecule has 0 bridgehead atoms. The Kier molecular flexibility index (Phi) is 7.65. The van der Waals surface area contributed by atoms with Crippen LogP contribution in [0.5, 0.6) is 0 Å². The molecule has 0 aliphatic heterocycles. The Bertz CT molecular complexity index is 968. The van der Waals surface area contributed by atoms with Crippen LogP contribution in [0.3, 0.4) is 0 Å². The molecule has 3 N–H and O–H groups in total. The number of aliphatic carboxylic acids is 1. The van der Waals surface area contributed by atoms with Crippen molar-refractivity contribution in [2.75, 3.05) is 0 Å². The molecule has 4 aliphatic carbocycles. The fourth-order valence-corrected chi connectivity index (χ4v) is 9.99. The topological polar surface area (TPSA) is 93.7 Å². The lowest BCUT2D eigenvalue weighted by atomic mass is 9.44. The van der Waals surface area contributed by atoms with Gasteiger partial charge in [0.05, 0.1) is 16.5 Å². The molecule has 5 heteroatoms. The molecule has 0 aromatic carbocycles. The van der Waals surface area contributed by atoms with Crippen LogP contribution >= 0.6 is 0 Å². The van der Waals surface area contributed by atoms with Crippen LogP contribution in [0.2, 0.25) is 0 Å². The standard InChI is InChI=1S/C32H50N2O3/c1-7-29(4)26-10-8-9-24-25(31(26,6)15-14-27(29)34-37)12-11-23(20-33)30(24,5)17-18-32(28(35)36)16-13-22(19-32)21(2)3/h1,20-26,33,37H,8-19H2,2-6H3,(H,35,36)/b33-20?,34-27+/t22-,23?,24+,25+,26+,29+,30-,31-,32+/m1/s1. The number of hydrogen-bond acceptors (Lipinski definition) is 4. The predicted octanol–water partition coefficient (Wildman–Crippen LogP) is 7.66. The second-order valence-corrected chi connectivity index (χ2v) is 14.3. The number of terminal acetylenes is 1. The molecule has 0 spiro atoms. The van der Waals surface area contributed by atoms with E-state index in [0.717, 1.165) is 82.8 Å². The summed E-state index contributed by atoms with van der Waals surface area (Å²) in [5.41, 5.74) is -0.427. The first-order valence-corrected chi connectivity index (χ1v) is 14.8. The van der Waals surface area contributed by atoms with E-state index in [9.17, 15) is 15.1 Å². The lowest BCUT2D eigenvalue weighted by molar-refractivity contribution is -0.150. The summed E-state index contributed by atoms with van der Waals surface area (Å²) < 4.78 is 0. The number of rotatable bonds is 6. The number of nitrogens with zero attached hydrogens (tertiary/aromatic N) is 1. The third kappa shape index (κ3) is 4.35. The maximum Gasteiger partial charge on any atom is 0.309 e. The average Bonchev–Trinajstić information content (AvgIpc) is 3.25. The van der Waals surface area contributed by atoms with Gasteiger partial charge in [0.15, 0.2) is 0 Å². The van der Waals surface area contributed by atoms with Crippen LogP contribution in [0.1, 0.15) is 112 Å². The summed E-state index contributed by atoms with van der Waals surface area (Å²) in [6.45, 7) is 11.4. The van der Waals surface area contributed by atoms with Crippen molar-refractivity contribution in [3.63, 3.8) is 0 Å². The van der Waals surface area contributed by atoms with Gasteiger partial charge in [-0.3, -0.25) is 4.79 Å². The summed E-state index contributed by atoms with van der Waals surface area (Å²) in [6.07, 6.45) is 19.1. The molecule has 4 rings (SSSR count). The van der Waals surface area contributed by atoms with Gasteiger partial charge in [-0.05, 0) is 130 Å². The number of fused-ring (bicyclic) bond motifs is 3. The summed E-state index contributed by atoms with van der Waals surface area (Å²) >= 11 is 0. The highest BCUT2D eigenvalue weighted by atomic mass is 16.4. The Hall–Kier alpha value is -1.83. The number of nitrogens with one attached hydrogen (secondary N) is 1. The van der Waals surface area contributed by atoms with Crippen molar-refractivity contribution in [1.82, 2.24) is 0 Å². The Morgan fingerprint density at radius 2 is 1.86 bits per heavy atom. The van der Waals surface area contributed by atoms with E-state index >= 15 is 0 Å². The Labute approximate surface area is 224 Å². The number of carbonyl (C=O) groups is 1. The minimum absolute atomic E-state index is 0.0469. The summed E-state index contributed by atoms with van der Waals surface area (Å²) in [6, 6.07) is 0. The van der Waals surface area contributed by atoms with Crippen LogP contribution < -0.4 is 0 Å². The fraction of sp³-hybridized carbons (Fsp3) is 0.844. The molecular formula is C32H50N2O3. The molecule has 0 heterocycles. The summed E-state index contributed by atoms with van der Waals surface area (Å²) in [4.78, 5) is 12.7. The number of carboxylic acid groups (broad SMARTS) is 1. The minimum Gasteiger partial charge on any atom is -0.481 e. The highest BCUT2D eigenvalue weighted by Crippen LogP contribution is 2.66. The first-order chi connectivity index (χ1) is 17.4. The molecule has 4 fully saturated rings. The highest BCUT2D eigenvalue weighted by molar-refractivity contribution is 5.93. The van der Waals surface area contributed by atoms with Crippen LogP contribution in [-0.4, -0.2) is 28.2 Å². The van der Waals surface area contributed by atoms with E-state index in [1.165, 1.54) is 0 Å². The van der Waals surface area contributed by atoms with Gasteiger partial charge in [0.2, 0.25) is 0 Å². The molecule has 0 aromatic heterocycles. The SMILES string of the molecule is C#C[C@]1(C)/C(=N/O)CC[C@@]2(C)[C@H]1CCC[C@H]1[C@@H]2CCC(C=N)[C@@]1(C)CC[C@@]1(C(=O)O)CC[C@@H](C(C)C)C1. The van der Waals surface area contributed by atoms with Gasteiger partial charge < -0.3 is 15.7 Å². The molecule has 206 valence electrons. The lowest BCUT2D eigenvalue weighted by Gasteiger charge is -2.59. The van der Waals surface area contributed by atoms with Gasteiger partial charge in [0, 0.05) is 0 Å². The molecular weight excluding hydrogens is 460 g/mol. The predicted molar refractivity (Wildman–Crippen MR) is 149 cm³/mol. The van der Waals surface area contributed by atoms with E-state index in [2.05, 4.69) is 45.7 Å². The first-order valence-electron chi connectivity index (χ1n) is 14.8. The Morgan fingerprint density at radius 3 is 2.43 bits per heavy atom. The quantitative estimate of drug-likeness (QED) is 0.148. The normalized spacial score (nSPS) is 47.1. The Balaban J connectivity index is 1.67. The molecule has 9 atom stereocenters. The zero-order valence-corrected chi connectivity index (χ0v) is 23.9. The molecule has 4 saturated carbocycles.